The first-order valence-corrected chi connectivity index (χ1v) is 4.98. The largest absolute Gasteiger partial charge is 0.350 e. The Bertz CT molecular complexity index is 373. The molecular formula is C11H15N3O2. The number of rotatable bonds is 3. The number of benzene rings is 1. The first-order chi connectivity index (χ1) is 7.58. The normalized spacial score (nSPS) is 9.56. The van der Waals surface area contributed by atoms with Crippen molar-refractivity contribution in [3.05, 3.63) is 35.4 Å². The average Bonchev–Trinajstić information content (AvgIpc) is 2.25. The van der Waals surface area contributed by atoms with Crippen LogP contribution in [0.25, 0.3) is 0 Å². The van der Waals surface area contributed by atoms with E-state index in [1.807, 2.05) is 36.6 Å². The fraction of sp³-hybridized carbons (Fsp3) is 0.273. The summed E-state index contributed by atoms with van der Waals surface area (Å²) in [7, 11) is 0. The molecule has 1 rings (SSSR count). The standard InChI is InChI=1S/C11H15N3O2/c1-8-2-4-9(5-3-8)6-7-10(15)13-14-11(12)16/h2-5H,6-7H2,1H3,(H,13,15)(H3,12,14,16). The van der Waals surface area contributed by atoms with Crippen molar-refractivity contribution in [2.45, 2.75) is 19.8 Å². The molecule has 0 saturated carbocycles. The third kappa shape index (κ3) is 4.45. The Balaban J connectivity index is 2.31. The first kappa shape index (κ1) is 12.0. The molecule has 0 radical (unpaired) electrons. The van der Waals surface area contributed by atoms with E-state index in [9.17, 15) is 9.59 Å². The van der Waals surface area contributed by atoms with Gasteiger partial charge in [0.15, 0.2) is 0 Å². The highest BCUT2D eigenvalue weighted by Crippen LogP contribution is 2.05. The van der Waals surface area contributed by atoms with Crippen LogP contribution >= 0.6 is 0 Å². The van der Waals surface area contributed by atoms with Crippen molar-refractivity contribution >= 4 is 11.9 Å². The van der Waals surface area contributed by atoms with Crippen LogP contribution in [0, 0.1) is 6.92 Å². The molecule has 5 heteroatoms. The molecule has 4 N–H and O–H groups in total. The van der Waals surface area contributed by atoms with Crippen molar-refractivity contribution in [1.82, 2.24) is 10.9 Å². The van der Waals surface area contributed by atoms with Crippen LogP contribution in [0.3, 0.4) is 0 Å². The molecule has 0 atom stereocenters. The summed E-state index contributed by atoms with van der Waals surface area (Å²) in [5, 5.41) is 0. The third-order valence-corrected chi connectivity index (χ3v) is 2.09. The second-order valence-electron chi connectivity index (χ2n) is 3.52. The number of carbonyl (C=O) groups is 2. The van der Waals surface area contributed by atoms with E-state index in [-0.39, 0.29) is 5.91 Å². The lowest BCUT2D eigenvalue weighted by Gasteiger charge is -2.04. The zero-order chi connectivity index (χ0) is 12.0. The summed E-state index contributed by atoms with van der Waals surface area (Å²) in [6.07, 6.45) is 0.940. The van der Waals surface area contributed by atoms with Gasteiger partial charge in [0.25, 0.3) is 0 Å². The Morgan fingerprint density at radius 2 is 1.81 bits per heavy atom. The Hall–Kier alpha value is -2.04. The zero-order valence-electron chi connectivity index (χ0n) is 9.12. The van der Waals surface area contributed by atoms with E-state index in [1.165, 1.54) is 5.56 Å². The number of nitrogens with one attached hydrogen (secondary N) is 2. The highest BCUT2D eigenvalue weighted by Gasteiger charge is 2.02. The maximum Gasteiger partial charge on any atom is 0.330 e. The average molecular weight is 221 g/mol. The second-order valence-corrected chi connectivity index (χ2v) is 3.52. The van der Waals surface area contributed by atoms with Gasteiger partial charge in [0.2, 0.25) is 5.91 Å². The summed E-state index contributed by atoms with van der Waals surface area (Å²) in [4.78, 5) is 21.5. The highest BCUT2D eigenvalue weighted by atomic mass is 16.2. The van der Waals surface area contributed by atoms with E-state index in [1.54, 1.807) is 0 Å². The van der Waals surface area contributed by atoms with Crippen LogP contribution in [0.15, 0.2) is 24.3 Å². The topological polar surface area (TPSA) is 84.2 Å². The van der Waals surface area contributed by atoms with E-state index in [4.69, 9.17) is 5.73 Å². The maximum absolute atomic E-state index is 11.2. The van der Waals surface area contributed by atoms with Gasteiger partial charge in [0.05, 0.1) is 0 Å². The van der Waals surface area contributed by atoms with Gasteiger partial charge in [0, 0.05) is 6.42 Å². The van der Waals surface area contributed by atoms with Gasteiger partial charge in [-0.2, -0.15) is 0 Å². The lowest BCUT2D eigenvalue weighted by Crippen LogP contribution is -2.44. The second kappa shape index (κ2) is 5.75. The quantitative estimate of drug-likeness (QED) is 0.654. The van der Waals surface area contributed by atoms with E-state index >= 15 is 0 Å². The van der Waals surface area contributed by atoms with E-state index in [0.29, 0.717) is 12.8 Å². The van der Waals surface area contributed by atoms with Gasteiger partial charge in [-0.15, -0.1) is 0 Å². The minimum Gasteiger partial charge on any atom is -0.350 e. The van der Waals surface area contributed by atoms with E-state index < -0.39 is 6.03 Å². The molecule has 0 aliphatic rings. The lowest BCUT2D eigenvalue weighted by molar-refractivity contribution is -0.121. The molecule has 0 unspecified atom stereocenters. The maximum atomic E-state index is 11.2. The van der Waals surface area contributed by atoms with Crippen LogP contribution in [-0.4, -0.2) is 11.9 Å². The predicted octanol–water partition coefficient (Wildman–Crippen LogP) is 0.627. The van der Waals surface area contributed by atoms with Crippen molar-refractivity contribution in [2.24, 2.45) is 5.73 Å². The Morgan fingerprint density at radius 3 is 2.38 bits per heavy atom. The Morgan fingerprint density at radius 1 is 1.19 bits per heavy atom. The van der Waals surface area contributed by atoms with E-state index in [0.717, 1.165) is 5.56 Å². The first-order valence-electron chi connectivity index (χ1n) is 4.98. The number of hydrogen-bond acceptors (Lipinski definition) is 2. The molecule has 0 heterocycles. The fourth-order valence-electron chi connectivity index (χ4n) is 1.21. The summed E-state index contributed by atoms with van der Waals surface area (Å²) >= 11 is 0. The number of urea groups is 1. The minimum absolute atomic E-state index is 0.264. The van der Waals surface area contributed by atoms with Crippen LogP contribution in [0.1, 0.15) is 17.5 Å². The number of primary amides is 1. The van der Waals surface area contributed by atoms with Gasteiger partial charge < -0.3 is 5.73 Å². The van der Waals surface area contributed by atoms with Crippen LogP contribution in [-0.2, 0) is 11.2 Å². The van der Waals surface area contributed by atoms with Crippen molar-refractivity contribution in [1.29, 1.82) is 0 Å². The molecular weight excluding hydrogens is 206 g/mol. The summed E-state index contributed by atoms with van der Waals surface area (Å²) < 4.78 is 0. The van der Waals surface area contributed by atoms with Crippen LogP contribution < -0.4 is 16.6 Å². The lowest BCUT2D eigenvalue weighted by atomic mass is 10.1. The molecule has 0 bridgehead atoms. The molecule has 0 fully saturated rings. The summed E-state index contributed by atoms with van der Waals surface area (Å²) in [5.74, 6) is -0.264. The minimum atomic E-state index is -0.774. The molecule has 16 heavy (non-hydrogen) atoms. The Labute approximate surface area is 94.0 Å². The highest BCUT2D eigenvalue weighted by molar-refractivity contribution is 5.80. The number of nitrogens with two attached hydrogens (primary N) is 1. The van der Waals surface area contributed by atoms with Crippen molar-refractivity contribution in [3.8, 4) is 0 Å². The molecule has 0 aliphatic carbocycles. The van der Waals surface area contributed by atoms with Gasteiger partial charge in [0.1, 0.15) is 0 Å². The van der Waals surface area contributed by atoms with Crippen LogP contribution in [0.4, 0.5) is 4.79 Å². The summed E-state index contributed by atoms with van der Waals surface area (Å²) in [6, 6.07) is 7.17. The van der Waals surface area contributed by atoms with Crippen LogP contribution in [0.5, 0.6) is 0 Å². The van der Waals surface area contributed by atoms with Gasteiger partial charge in [-0.25, -0.2) is 10.2 Å². The molecule has 1 aromatic rings. The van der Waals surface area contributed by atoms with Crippen LogP contribution in [0.2, 0.25) is 0 Å². The monoisotopic (exact) mass is 221 g/mol. The summed E-state index contributed by atoms with van der Waals surface area (Å²) in [6.45, 7) is 2.01. The van der Waals surface area contributed by atoms with E-state index in [2.05, 4.69) is 5.43 Å². The van der Waals surface area contributed by atoms with Gasteiger partial charge in [-0.05, 0) is 18.9 Å². The summed E-state index contributed by atoms with van der Waals surface area (Å²) in [5.41, 5.74) is 11.3. The molecule has 86 valence electrons. The number of amides is 3. The predicted molar refractivity (Wildman–Crippen MR) is 60.4 cm³/mol. The molecule has 1 aromatic carbocycles. The molecule has 5 nitrogen and oxygen atoms in total. The SMILES string of the molecule is Cc1ccc(CCC(=O)NNC(N)=O)cc1. The number of aryl methyl sites for hydroxylation is 2. The number of hydrazine groups is 1. The number of carbonyl (C=O) groups excluding carboxylic acids is 2. The molecule has 0 aromatic heterocycles. The molecule has 0 saturated heterocycles. The van der Waals surface area contributed by atoms with Gasteiger partial charge in [-0.1, -0.05) is 29.8 Å². The molecule has 3 amide bonds. The zero-order valence-corrected chi connectivity index (χ0v) is 9.12. The van der Waals surface area contributed by atoms with Gasteiger partial charge >= 0.3 is 6.03 Å². The van der Waals surface area contributed by atoms with Crippen molar-refractivity contribution < 1.29 is 9.59 Å². The van der Waals surface area contributed by atoms with Crippen molar-refractivity contribution in [2.75, 3.05) is 0 Å². The fourth-order valence-corrected chi connectivity index (χ4v) is 1.21. The molecule has 0 aliphatic heterocycles. The smallest absolute Gasteiger partial charge is 0.330 e. The Kier molecular flexibility index (Phi) is 4.32. The van der Waals surface area contributed by atoms with Gasteiger partial charge in [-0.3, -0.25) is 10.2 Å². The molecule has 0 spiro atoms. The number of hydrogen-bond donors (Lipinski definition) is 3. The third-order valence-electron chi connectivity index (χ3n) is 2.09. The van der Waals surface area contributed by atoms with Crippen molar-refractivity contribution in [3.63, 3.8) is 0 Å².